The van der Waals surface area contributed by atoms with Gasteiger partial charge in [0.25, 0.3) is 0 Å². The number of pyridine rings is 1. The molecule has 7 nitrogen and oxygen atoms in total. The molecule has 0 amide bonds. The number of aryl methyl sites for hydroxylation is 1. The first-order chi connectivity index (χ1) is 12.7. The molecule has 26 heavy (non-hydrogen) atoms. The van der Waals surface area contributed by atoms with Crippen molar-refractivity contribution in [3.05, 3.63) is 41.9 Å². The van der Waals surface area contributed by atoms with Crippen LogP contribution in [0.5, 0.6) is 0 Å². The SMILES string of the molecule is Cn1cc(CN2CCOC3(CCCN(c4cccc(C#N)n4)C3)C2)cn1. The van der Waals surface area contributed by atoms with Gasteiger partial charge in [-0.25, -0.2) is 4.98 Å². The summed E-state index contributed by atoms with van der Waals surface area (Å²) < 4.78 is 8.14. The molecule has 0 aliphatic carbocycles. The highest BCUT2D eigenvalue weighted by Gasteiger charge is 2.40. The van der Waals surface area contributed by atoms with Crippen molar-refractivity contribution in [3.8, 4) is 6.07 Å². The third-order valence-electron chi connectivity index (χ3n) is 5.20. The third-order valence-corrected chi connectivity index (χ3v) is 5.20. The van der Waals surface area contributed by atoms with Gasteiger partial charge in [0.15, 0.2) is 0 Å². The second kappa shape index (κ2) is 7.06. The molecule has 136 valence electrons. The van der Waals surface area contributed by atoms with Gasteiger partial charge in [-0.15, -0.1) is 0 Å². The lowest BCUT2D eigenvalue weighted by atomic mass is 9.90. The van der Waals surface area contributed by atoms with E-state index in [1.807, 2.05) is 30.1 Å². The van der Waals surface area contributed by atoms with Crippen molar-refractivity contribution in [1.82, 2.24) is 19.7 Å². The molecule has 7 heteroatoms. The molecule has 2 aromatic rings. The van der Waals surface area contributed by atoms with Crippen LogP contribution in [0.15, 0.2) is 30.6 Å². The van der Waals surface area contributed by atoms with Crippen molar-refractivity contribution in [3.63, 3.8) is 0 Å². The number of piperidine rings is 1. The molecule has 2 aliphatic rings. The quantitative estimate of drug-likeness (QED) is 0.835. The van der Waals surface area contributed by atoms with Crippen LogP contribution in [0.4, 0.5) is 5.82 Å². The molecule has 0 radical (unpaired) electrons. The number of hydrogen-bond donors (Lipinski definition) is 0. The van der Waals surface area contributed by atoms with Gasteiger partial charge in [0.2, 0.25) is 0 Å². The molecule has 1 unspecified atom stereocenters. The van der Waals surface area contributed by atoms with E-state index in [1.165, 1.54) is 5.56 Å². The van der Waals surface area contributed by atoms with Crippen LogP contribution in [0.25, 0.3) is 0 Å². The van der Waals surface area contributed by atoms with Gasteiger partial charge in [-0.3, -0.25) is 9.58 Å². The maximum atomic E-state index is 9.11. The fourth-order valence-corrected chi connectivity index (χ4v) is 4.07. The topological polar surface area (TPSA) is 70.2 Å². The molecule has 1 atom stereocenters. The number of nitrogens with zero attached hydrogens (tertiary/aromatic N) is 6. The maximum absolute atomic E-state index is 9.11. The lowest BCUT2D eigenvalue weighted by Gasteiger charge is -2.48. The highest BCUT2D eigenvalue weighted by molar-refractivity contribution is 5.42. The lowest BCUT2D eigenvalue weighted by molar-refractivity contribution is -0.116. The Balaban J connectivity index is 1.47. The van der Waals surface area contributed by atoms with Crippen LogP contribution < -0.4 is 4.90 Å². The van der Waals surface area contributed by atoms with Crippen molar-refractivity contribution in [2.45, 2.75) is 25.0 Å². The Morgan fingerprint density at radius 2 is 2.23 bits per heavy atom. The van der Waals surface area contributed by atoms with Gasteiger partial charge in [0.1, 0.15) is 17.6 Å². The average molecular weight is 352 g/mol. The molecular formula is C19H24N6O. The summed E-state index contributed by atoms with van der Waals surface area (Å²) >= 11 is 0. The number of anilines is 1. The second-order valence-corrected chi connectivity index (χ2v) is 7.28. The minimum absolute atomic E-state index is 0.164. The first-order valence-electron chi connectivity index (χ1n) is 9.12. The summed E-state index contributed by atoms with van der Waals surface area (Å²) in [6.07, 6.45) is 6.14. The first kappa shape index (κ1) is 17.0. The molecule has 4 rings (SSSR count). The monoisotopic (exact) mass is 352 g/mol. The molecule has 0 N–H and O–H groups in total. The van der Waals surface area contributed by atoms with E-state index in [4.69, 9.17) is 10.00 Å². The van der Waals surface area contributed by atoms with E-state index in [-0.39, 0.29) is 5.60 Å². The molecule has 4 heterocycles. The molecule has 2 fully saturated rings. The van der Waals surface area contributed by atoms with Crippen LogP contribution in [0.3, 0.4) is 0 Å². The number of ether oxygens (including phenoxy) is 1. The van der Waals surface area contributed by atoms with Crippen LogP contribution in [0, 0.1) is 11.3 Å². The standard InChI is InChI=1S/C19H24N6O/c1-23-12-16(11-21-23)13-24-8-9-26-19(14-24)6-3-7-25(15-19)18-5-2-4-17(10-20)22-18/h2,4-5,11-12H,3,6-9,13-15H2,1H3. The Hall–Kier alpha value is -2.43. The number of morpholine rings is 1. The molecule has 0 bridgehead atoms. The Labute approximate surface area is 153 Å². The normalized spacial score (nSPS) is 23.9. The molecule has 0 saturated carbocycles. The largest absolute Gasteiger partial charge is 0.370 e. The molecule has 0 aromatic carbocycles. The first-order valence-corrected chi connectivity index (χ1v) is 9.12. The van der Waals surface area contributed by atoms with E-state index in [0.717, 1.165) is 58.0 Å². The van der Waals surface area contributed by atoms with Crippen LogP contribution >= 0.6 is 0 Å². The van der Waals surface area contributed by atoms with Gasteiger partial charge in [-0.1, -0.05) is 6.07 Å². The van der Waals surface area contributed by atoms with Gasteiger partial charge in [0.05, 0.1) is 18.4 Å². The van der Waals surface area contributed by atoms with Gasteiger partial charge in [-0.05, 0) is 25.0 Å². The predicted octanol–water partition coefficient (Wildman–Crippen LogP) is 1.56. The van der Waals surface area contributed by atoms with Crippen molar-refractivity contribution >= 4 is 5.82 Å². The van der Waals surface area contributed by atoms with Gasteiger partial charge >= 0.3 is 0 Å². The van der Waals surface area contributed by atoms with E-state index in [1.54, 1.807) is 6.07 Å². The fraction of sp³-hybridized carbons (Fsp3) is 0.526. The summed E-state index contributed by atoms with van der Waals surface area (Å²) in [5.74, 6) is 0.871. The fourth-order valence-electron chi connectivity index (χ4n) is 4.07. The molecule has 2 aliphatic heterocycles. The second-order valence-electron chi connectivity index (χ2n) is 7.28. The number of hydrogen-bond acceptors (Lipinski definition) is 6. The van der Waals surface area contributed by atoms with Crippen molar-refractivity contribution in [2.24, 2.45) is 7.05 Å². The molecule has 2 saturated heterocycles. The van der Waals surface area contributed by atoms with E-state index in [0.29, 0.717) is 5.69 Å². The number of nitriles is 1. The summed E-state index contributed by atoms with van der Waals surface area (Å²) in [6, 6.07) is 7.76. The molecular weight excluding hydrogens is 328 g/mol. The predicted molar refractivity (Wildman–Crippen MR) is 97.6 cm³/mol. The summed E-state index contributed by atoms with van der Waals surface area (Å²) in [7, 11) is 1.95. The van der Waals surface area contributed by atoms with Crippen molar-refractivity contribution < 1.29 is 4.74 Å². The minimum Gasteiger partial charge on any atom is -0.370 e. The maximum Gasteiger partial charge on any atom is 0.142 e. The molecule has 1 spiro atoms. The van der Waals surface area contributed by atoms with Crippen LogP contribution in [0.1, 0.15) is 24.1 Å². The van der Waals surface area contributed by atoms with E-state index >= 15 is 0 Å². The van der Waals surface area contributed by atoms with Crippen molar-refractivity contribution in [2.75, 3.05) is 37.7 Å². The zero-order valence-corrected chi connectivity index (χ0v) is 15.1. The molecule has 2 aromatic heterocycles. The third kappa shape index (κ3) is 3.57. The Kier molecular flexibility index (Phi) is 4.62. The number of rotatable bonds is 3. The van der Waals surface area contributed by atoms with Crippen LogP contribution in [-0.2, 0) is 18.3 Å². The summed E-state index contributed by atoms with van der Waals surface area (Å²) in [6.45, 7) is 5.28. The minimum atomic E-state index is -0.164. The summed E-state index contributed by atoms with van der Waals surface area (Å²) in [4.78, 5) is 9.19. The Morgan fingerprint density at radius 1 is 1.31 bits per heavy atom. The Bertz CT molecular complexity index is 808. The smallest absolute Gasteiger partial charge is 0.142 e. The van der Waals surface area contributed by atoms with Gasteiger partial charge in [0, 0.05) is 51.5 Å². The van der Waals surface area contributed by atoms with Gasteiger partial charge in [-0.2, -0.15) is 10.4 Å². The van der Waals surface area contributed by atoms with E-state index < -0.39 is 0 Å². The highest BCUT2D eigenvalue weighted by Crippen LogP contribution is 2.31. The Morgan fingerprint density at radius 3 is 3.04 bits per heavy atom. The summed E-state index contributed by atoms with van der Waals surface area (Å²) in [5.41, 5.74) is 1.54. The van der Waals surface area contributed by atoms with Crippen LogP contribution in [-0.4, -0.2) is 58.1 Å². The zero-order valence-electron chi connectivity index (χ0n) is 15.1. The van der Waals surface area contributed by atoms with Crippen molar-refractivity contribution in [1.29, 1.82) is 5.26 Å². The summed E-state index contributed by atoms with van der Waals surface area (Å²) in [5, 5.41) is 13.4. The lowest BCUT2D eigenvalue weighted by Crippen LogP contribution is -2.59. The van der Waals surface area contributed by atoms with Crippen LogP contribution in [0.2, 0.25) is 0 Å². The van der Waals surface area contributed by atoms with E-state index in [9.17, 15) is 0 Å². The van der Waals surface area contributed by atoms with E-state index in [2.05, 4.69) is 32.1 Å². The number of aromatic nitrogens is 3. The highest BCUT2D eigenvalue weighted by atomic mass is 16.5. The average Bonchev–Trinajstić information content (AvgIpc) is 3.06. The zero-order chi connectivity index (χ0) is 18.0. The van der Waals surface area contributed by atoms with Gasteiger partial charge < -0.3 is 9.64 Å².